The first kappa shape index (κ1) is 29.8. The highest BCUT2D eigenvalue weighted by atomic mass is 32.2. The maximum absolute atomic E-state index is 11.1. The van der Waals surface area contributed by atoms with Gasteiger partial charge in [0.25, 0.3) is 0 Å². The second kappa shape index (κ2) is 14.5. The molecule has 0 spiro atoms. The molecular formula is C35H37NO5S. The van der Waals surface area contributed by atoms with Gasteiger partial charge in [0.15, 0.2) is 6.10 Å². The summed E-state index contributed by atoms with van der Waals surface area (Å²) in [4.78, 5) is 14.8. The second-order valence-electron chi connectivity index (χ2n) is 10.6. The number of benzene rings is 3. The lowest BCUT2D eigenvalue weighted by Gasteiger charge is -2.24. The largest absolute Gasteiger partial charge is 0.489 e. The van der Waals surface area contributed by atoms with Gasteiger partial charge < -0.3 is 19.3 Å². The van der Waals surface area contributed by atoms with Gasteiger partial charge >= 0.3 is 5.97 Å². The van der Waals surface area contributed by atoms with Crippen molar-refractivity contribution in [3.8, 4) is 23.3 Å². The van der Waals surface area contributed by atoms with Crippen LogP contribution in [0.15, 0.2) is 77.7 Å². The number of aliphatic carboxylic acids is 1. The summed E-state index contributed by atoms with van der Waals surface area (Å²) < 4.78 is 17.1. The van der Waals surface area contributed by atoms with E-state index in [4.69, 9.17) is 19.3 Å². The molecule has 5 rings (SSSR count). The zero-order chi connectivity index (χ0) is 29.3. The minimum atomic E-state index is -1.00. The van der Waals surface area contributed by atoms with Gasteiger partial charge in [0.2, 0.25) is 0 Å². The topological polar surface area (TPSA) is 68.2 Å². The number of aryl methyl sites for hydroxylation is 1. The fourth-order valence-electron chi connectivity index (χ4n) is 4.55. The Kier molecular flexibility index (Phi) is 10.3. The molecule has 1 atom stereocenters. The Morgan fingerprint density at radius 3 is 2.40 bits per heavy atom. The molecule has 0 amide bonds. The molecule has 1 unspecified atom stereocenters. The number of carboxylic acids is 1. The average molecular weight is 584 g/mol. The van der Waals surface area contributed by atoms with E-state index in [2.05, 4.69) is 71.3 Å². The first-order valence-corrected chi connectivity index (χ1v) is 15.3. The fraction of sp³-hybridized carbons (Fsp3) is 0.343. The van der Waals surface area contributed by atoms with Crippen LogP contribution in [0.2, 0.25) is 0 Å². The predicted molar refractivity (Wildman–Crippen MR) is 167 cm³/mol. The van der Waals surface area contributed by atoms with E-state index in [0.717, 1.165) is 65.9 Å². The summed E-state index contributed by atoms with van der Waals surface area (Å²) in [5, 5.41) is 9.90. The Hall–Kier alpha value is -3.70. The number of carbonyl (C=O) groups is 1. The van der Waals surface area contributed by atoms with Gasteiger partial charge in [-0.05, 0) is 97.5 Å². The molecule has 1 aliphatic carbocycles. The monoisotopic (exact) mass is 583 g/mol. The molecule has 42 heavy (non-hydrogen) atoms. The highest BCUT2D eigenvalue weighted by molar-refractivity contribution is 8.00. The third kappa shape index (κ3) is 8.65. The van der Waals surface area contributed by atoms with Gasteiger partial charge in [0.05, 0.1) is 19.8 Å². The minimum absolute atomic E-state index is 0.375. The summed E-state index contributed by atoms with van der Waals surface area (Å²) in [7, 11) is 0. The minimum Gasteiger partial charge on any atom is -0.489 e. The first-order chi connectivity index (χ1) is 20.4. The lowest BCUT2D eigenvalue weighted by molar-refractivity contribution is -0.144. The van der Waals surface area contributed by atoms with Crippen LogP contribution in [-0.2, 0) is 9.53 Å². The third-order valence-electron chi connectivity index (χ3n) is 7.16. The molecule has 1 saturated heterocycles. The first-order valence-electron chi connectivity index (χ1n) is 14.4. The molecule has 1 aliphatic heterocycles. The number of hydrogen-bond acceptors (Lipinski definition) is 6. The van der Waals surface area contributed by atoms with Crippen LogP contribution in [0.3, 0.4) is 0 Å². The average Bonchev–Trinajstić information content (AvgIpc) is 3.82. The number of hydrogen-bond donors (Lipinski definition) is 1. The Bertz CT molecular complexity index is 1450. The van der Waals surface area contributed by atoms with Crippen LogP contribution in [0.5, 0.6) is 11.5 Å². The van der Waals surface area contributed by atoms with Gasteiger partial charge in [0.1, 0.15) is 18.1 Å². The Balaban J connectivity index is 1.30. The zero-order valence-corrected chi connectivity index (χ0v) is 25.0. The van der Waals surface area contributed by atoms with Crippen LogP contribution < -0.4 is 9.47 Å². The summed E-state index contributed by atoms with van der Waals surface area (Å²) in [5.74, 6) is 6.83. The van der Waals surface area contributed by atoms with E-state index < -0.39 is 12.1 Å². The van der Waals surface area contributed by atoms with Gasteiger partial charge in [-0.1, -0.05) is 36.1 Å². The molecule has 3 aromatic rings. The van der Waals surface area contributed by atoms with E-state index in [1.165, 1.54) is 24.7 Å². The lowest BCUT2D eigenvalue weighted by atomic mass is 9.97. The lowest BCUT2D eigenvalue weighted by Crippen LogP contribution is -2.36. The summed E-state index contributed by atoms with van der Waals surface area (Å²) in [6.45, 7) is 7.95. The molecule has 2 aliphatic rings. The Morgan fingerprint density at radius 1 is 1.07 bits per heavy atom. The van der Waals surface area contributed by atoms with Crippen molar-refractivity contribution in [2.45, 2.75) is 42.9 Å². The summed E-state index contributed by atoms with van der Waals surface area (Å²) in [6, 6.07) is 22.6. The van der Waals surface area contributed by atoms with Gasteiger partial charge in [-0.25, -0.2) is 4.79 Å². The maximum Gasteiger partial charge on any atom is 0.344 e. The SMILES string of the molecule is Cc1cc(OC/C=C(\c2ccc(C#CCN3CCOCC3)cc2)c2ccc(SC3CC3)cc2)ccc1OC(C)C(=O)O. The normalized spacial score (nSPS) is 16.3. The smallest absolute Gasteiger partial charge is 0.344 e. The molecule has 6 nitrogen and oxygen atoms in total. The Labute approximate surface area is 252 Å². The molecule has 1 heterocycles. The van der Waals surface area contributed by atoms with E-state index >= 15 is 0 Å². The third-order valence-corrected chi connectivity index (χ3v) is 8.51. The van der Waals surface area contributed by atoms with E-state index in [9.17, 15) is 4.79 Å². The van der Waals surface area contributed by atoms with Crippen molar-refractivity contribution >= 4 is 23.3 Å². The van der Waals surface area contributed by atoms with Crippen molar-refractivity contribution < 1.29 is 24.1 Å². The van der Waals surface area contributed by atoms with Gasteiger partial charge in [-0.2, -0.15) is 0 Å². The zero-order valence-electron chi connectivity index (χ0n) is 24.2. The van der Waals surface area contributed by atoms with Crippen LogP contribution in [-0.4, -0.2) is 66.8 Å². The molecule has 3 aromatic carbocycles. The van der Waals surface area contributed by atoms with Crippen LogP contribution in [0.1, 0.15) is 42.0 Å². The van der Waals surface area contributed by atoms with Crippen molar-refractivity contribution in [2.75, 3.05) is 39.5 Å². The number of morpholine rings is 1. The standard InChI is InChI=1S/C35H37NO5S/c1-25-24-30(11-16-34(25)41-26(2)35(37)38)40-21-17-33(29-9-12-31(13-10-29)42-32-14-15-32)28-7-5-27(6-8-28)4-3-18-36-19-22-39-23-20-36/h5-13,16-17,24,26,32H,14-15,18-23H2,1-2H3,(H,37,38)/b33-17+. The van der Waals surface area contributed by atoms with Crippen LogP contribution >= 0.6 is 11.8 Å². The highest BCUT2D eigenvalue weighted by Crippen LogP contribution is 2.39. The number of nitrogens with zero attached hydrogens (tertiary/aromatic N) is 1. The highest BCUT2D eigenvalue weighted by Gasteiger charge is 2.22. The molecule has 0 bridgehead atoms. The maximum atomic E-state index is 11.1. The second-order valence-corrected chi connectivity index (χ2v) is 11.9. The number of carboxylic acid groups (broad SMARTS) is 1. The number of rotatable bonds is 11. The predicted octanol–water partition coefficient (Wildman–Crippen LogP) is 6.30. The van der Waals surface area contributed by atoms with Gasteiger partial charge in [-0.15, -0.1) is 11.8 Å². The molecule has 0 aromatic heterocycles. The van der Waals surface area contributed by atoms with Crippen molar-refractivity contribution in [1.29, 1.82) is 0 Å². The van der Waals surface area contributed by atoms with E-state index in [-0.39, 0.29) is 0 Å². The number of thioether (sulfide) groups is 1. The summed E-state index contributed by atoms with van der Waals surface area (Å²) >= 11 is 1.96. The molecule has 1 N–H and O–H groups in total. The van der Waals surface area contributed by atoms with Crippen molar-refractivity contribution in [3.05, 3.63) is 95.1 Å². The van der Waals surface area contributed by atoms with E-state index in [1.807, 2.05) is 24.8 Å². The molecule has 7 heteroatoms. The van der Waals surface area contributed by atoms with Crippen molar-refractivity contribution in [1.82, 2.24) is 4.90 Å². The van der Waals surface area contributed by atoms with Gasteiger partial charge in [0, 0.05) is 28.8 Å². The van der Waals surface area contributed by atoms with Gasteiger partial charge in [-0.3, -0.25) is 4.90 Å². The van der Waals surface area contributed by atoms with Crippen molar-refractivity contribution in [2.24, 2.45) is 0 Å². The van der Waals surface area contributed by atoms with Crippen molar-refractivity contribution in [3.63, 3.8) is 0 Å². The summed E-state index contributed by atoms with van der Waals surface area (Å²) in [5.41, 5.74) is 5.14. The molecular weight excluding hydrogens is 546 g/mol. The van der Waals surface area contributed by atoms with E-state index in [0.29, 0.717) is 18.1 Å². The quantitative estimate of drug-likeness (QED) is 0.266. The molecule has 1 saturated carbocycles. The van der Waals surface area contributed by atoms with Crippen LogP contribution in [0.25, 0.3) is 5.57 Å². The summed E-state index contributed by atoms with van der Waals surface area (Å²) in [6.07, 6.45) is 3.80. The molecule has 218 valence electrons. The molecule has 0 radical (unpaired) electrons. The molecule has 2 fully saturated rings. The number of ether oxygens (including phenoxy) is 3. The Morgan fingerprint density at radius 2 is 1.76 bits per heavy atom. The van der Waals surface area contributed by atoms with E-state index in [1.54, 1.807) is 12.1 Å². The fourth-order valence-corrected chi connectivity index (χ4v) is 5.60. The van der Waals surface area contributed by atoms with Crippen LogP contribution in [0, 0.1) is 18.8 Å². The van der Waals surface area contributed by atoms with Crippen LogP contribution in [0.4, 0.5) is 0 Å².